The maximum atomic E-state index is 12.6. The number of ether oxygens (including phenoxy) is 1. The maximum Gasteiger partial charge on any atom is 0.258 e. The molecular formula is C20H29N5O2. The van der Waals surface area contributed by atoms with Crippen LogP contribution in [0.4, 0.5) is 0 Å². The Hall–Kier alpha value is -1.83. The minimum atomic E-state index is -0.0898. The molecule has 0 aromatic carbocycles. The second-order valence-electron chi connectivity index (χ2n) is 8.10. The molecule has 2 aliphatic heterocycles. The molecule has 146 valence electrons. The van der Waals surface area contributed by atoms with E-state index >= 15 is 0 Å². The number of H-pyrrole nitrogens is 1. The number of hydrogen-bond acceptors (Lipinski definition) is 6. The normalized spacial score (nSPS) is 24.7. The number of hydrogen-bond donors (Lipinski definition) is 2. The highest BCUT2D eigenvalue weighted by Crippen LogP contribution is 2.28. The molecule has 2 fully saturated rings. The van der Waals surface area contributed by atoms with Crippen LogP contribution in [0.15, 0.2) is 17.1 Å². The first-order valence-electron chi connectivity index (χ1n) is 9.96. The van der Waals surface area contributed by atoms with Crippen molar-refractivity contribution >= 4 is 10.9 Å². The summed E-state index contributed by atoms with van der Waals surface area (Å²) in [7, 11) is 2.18. The molecule has 0 radical (unpaired) electrons. The van der Waals surface area contributed by atoms with Crippen molar-refractivity contribution < 1.29 is 4.74 Å². The lowest BCUT2D eigenvalue weighted by Gasteiger charge is -2.29. The van der Waals surface area contributed by atoms with Crippen LogP contribution in [-0.4, -0.2) is 59.7 Å². The van der Waals surface area contributed by atoms with Gasteiger partial charge >= 0.3 is 0 Å². The topological polar surface area (TPSA) is 83.1 Å². The first kappa shape index (κ1) is 18.5. The van der Waals surface area contributed by atoms with Crippen molar-refractivity contribution in [1.82, 2.24) is 25.2 Å². The molecule has 2 N–H and O–H groups in total. The fraction of sp³-hybridized carbons (Fsp3) is 0.650. The van der Waals surface area contributed by atoms with Crippen LogP contribution in [0.1, 0.15) is 37.2 Å². The Morgan fingerprint density at radius 3 is 2.89 bits per heavy atom. The fourth-order valence-electron chi connectivity index (χ4n) is 4.11. The number of piperidine rings is 1. The predicted octanol–water partition coefficient (Wildman–Crippen LogP) is 1.50. The molecule has 1 unspecified atom stereocenters. The van der Waals surface area contributed by atoms with Gasteiger partial charge in [-0.25, -0.2) is 4.98 Å². The van der Waals surface area contributed by atoms with E-state index < -0.39 is 0 Å². The van der Waals surface area contributed by atoms with Crippen molar-refractivity contribution in [3.63, 3.8) is 0 Å². The molecule has 2 atom stereocenters. The van der Waals surface area contributed by atoms with Crippen molar-refractivity contribution in [3.8, 4) is 0 Å². The zero-order valence-corrected chi connectivity index (χ0v) is 16.2. The third kappa shape index (κ3) is 4.05. The van der Waals surface area contributed by atoms with Crippen LogP contribution >= 0.6 is 0 Å². The molecule has 27 heavy (non-hydrogen) atoms. The van der Waals surface area contributed by atoms with Gasteiger partial charge < -0.3 is 19.9 Å². The minimum Gasteiger partial charge on any atom is -0.380 e. The van der Waals surface area contributed by atoms with E-state index in [4.69, 9.17) is 9.72 Å². The Morgan fingerprint density at radius 1 is 1.33 bits per heavy atom. The van der Waals surface area contributed by atoms with Gasteiger partial charge in [0.2, 0.25) is 0 Å². The molecule has 2 aliphatic rings. The minimum absolute atomic E-state index is 0.0898. The van der Waals surface area contributed by atoms with E-state index in [0.717, 1.165) is 18.1 Å². The Balaban J connectivity index is 1.52. The lowest BCUT2D eigenvalue weighted by atomic mass is 9.97. The van der Waals surface area contributed by atoms with Gasteiger partial charge in [-0.3, -0.25) is 9.78 Å². The van der Waals surface area contributed by atoms with Crippen LogP contribution < -0.4 is 10.9 Å². The monoisotopic (exact) mass is 371 g/mol. The summed E-state index contributed by atoms with van der Waals surface area (Å²) in [5.74, 6) is 1.93. The van der Waals surface area contributed by atoms with E-state index in [-0.39, 0.29) is 11.5 Å². The summed E-state index contributed by atoms with van der Waals surface area (Å²) < 4.78 is 5.55. The van der Waals surface area contributed by atoms with Gasteiger partial charge in [-0.1, -0.05) is 6.92 Å². The summed E-state index contributed by atoms with van der Waals surface area (Å²) in [5.41, 5.74) is 1.47. The summed E-state index contributed by atoms with van der Waals surface area (Å²) in [5, 5.41) is 4.15. The van der Waals surface area contributed by atoms with Crippen molar-refractivity contribution in [2.45, 2.75) is 32.2 Å². The quantitative estimate of drug-likeness (QED) is 0.829. The first-order valence-corrected chi connectivity index (χ1v) is 9.96. The number of aromatic nitrogens is 3. The summed E-state index contributed by atoms with van der Waals surface area (Å²) >= 11 is 0. The number of rotatable bonds is 5. The predicted molar refractivity (Wildman–Crippen MR) is 105 cm³/mol. The second kappa shape index (κ2) is 8.04. The molecule has 0 aliphatic carbocycles. The zero-order chi connectivity index (χ0) is 18.8. The molecule has 7 heteroatoms. The number of aromatic amines is 1. The van der Waals surface area contributed by atoms with E-state index in [2.05, 4.69) is 34.2 Å². The highest BCUT2D eigenvalue weighted by molar-refractivity contribution is 5.79. The van der Waals surface area contributed by atoms with E-state index in [1.165, 1.54) is 25.9 Å². The van der Waals surface area contributed by atoms with Crippen LogP contribution in [0, 0.1) is 11.8 Å². The van der Waals surface area contributed by atoms with Gasteiger partial charge in [0.15, 0.2) is 0 Å². The summed E-state index contributed by atoms with van der Waals surface area (Å²) in [6, 6.07) is 1.75. The van der Waals surface area contributed by atoms with Crippen molar-refractivity contribution in [3.05, 3.63) is 34.1 Å². The third-order valence-corrected chi connectivity index (χ3v) is 6.00. The molecule has 0 saturated carbocycles. The molecule has 4 rings (SSSR count). The van der Waals surface area contributed by atoms with Crippen LogP contribution in [0.25, 0.3) is 10.9 Å². The third-order valence-electron chi connectivity index (χ3n) is 6.00. The summed E-state index contributed by atoms with van der Waals surface area (Å²) in [6.45, 7) is 7.41. The molecule has 2 aromatic heterocycles. The van der Waals surface area contributed by atoms with Crippen molar-refractivity contribution in [2.75, 3.05) is 39.9 Å². The lowest BCUT2D eigenvalue weighted by molar-refractivity contribution is 0.186. The molecule has 7 nitrogen and oxygen atoms in total. The summed E-state index contributed by atoms with van der Waals surface area (Å²) in [4.78, 5) is 27.2. The second-order valence-corrected chi connectivity index (χ2v) is 8.10. The Labute approximate surface area is 159 Å². The Bertz CT molecular complexity index is 844. The van der Waals surface area contributed by atoms with E-state index in [1.54, 1.807) is 12.3 Å². The number of nitrogens with zero attached hydrogens (tertiary/aromatic N) is 3. The first-order chi connectivity index (χ1) is 13.1. The average molecular weight is 371 g/mol. The highest BCUT2D eigenvalue weighted by Gasteiger charge is 2.28. The van der Waals surface area contributed by atoms with Gasteiger partial charge in [0, 0.05) is 25.3 Å². The fourth-order valence-corrected chi connectivity index (χ4v) is 4.11. The lowest BCUT2D eigenvalue weighted by Crippen LogP contribution is -2.35. The SMILES string of the molecule is C[C@@H]1COCC1c1nc2c(CNCC3CCN(C)CC3)nccc2c(=O)[nH]1. The Morgan fingerprint density at radius 2 is 2.15 bits per heavy atom. The number of nitrogens with one attached hydrogen (secondary N) is 2. The van der Waals surface area contributed by atoms with Gasteiger partial charge in [-0.05, 0) is 57.4 Å². The maximum absolute atomic E-state index is 12.6. The van der Waals surface area contributed by atoms with E-state index in [1.807, 2.05) is 0 Å². The number of pyridine rings is 1. The smallest absolute Gasteiger partial charge is 0.258 e. The standard InChI is InChI=1S/C20H29N5O2/c1-13-11-27-12-16(13)19-23-18-15(20(26)24-19)3-6-22-17(18)10-21-9-14-4-7-25(2)8-5-14/h3,6,13-14,16,21H,4-5,7-12H2,1-2H3,(H,23,24,26)/t13-,16?/m1/s1. The van der Waals surface area contributed by atoms with Crippen LogP contribution in [0.5, 0.6) is 0 Å². The van der Waals surface area contributed by atoms with Gasteiger partial charge in [-0.2, -0.15) is 0 Å². The van der Waals surface area contributed by atoms with Crippen LogP contribution in [0.3, 0.4) is 0 Å². The molecular weight excluding hydrogens is 342 g/mol. The molecule has 2 aromatic rings. The Kier molecular flexibility index (Phi) is 5.52. The zero-order valence-electron chi connectivity index (χ0n) is 16.2. The largest absolute Gasteiger partial charge is 0.380 e. The van der Waals surface area contributed by atoms with Crippen LogP contribution in [-0.2, 0) is 11.3 Å². The van der Waals surface area contributed by atoms with Gasteiger partial charge in [0.05, 0.1) is 17.7 Å². The highest BCUT2D eigenvalue weighted by atomic mass is 16.5. The summed E-state index contributed by atoms with van der Waals surface area (Å²) in [6.07, 6.45) is 4.16. The van der Waals surface area contributed by atoms with Crippen molar-refractivity contribution in [2.24, 2.45) is 11.8 Å². The van der Waals surface area contributed by atoms with Gasteiger partial charge in [0.25, 0.3) is 5.56 Å². The molecule has 0 spiro atoms. The van der Waals surface area contributed by atoms with Crippen LogP contribution in [0.2, 0.25) is 0 Å². The van der Waals surface area contributed by atoms with E-state index in [0.29, 0.717) is 42.5 Å². The van der Waals surface area contributed by atoms with Crippen molar-refractivity contribution in [1.29, 1.82) is 0 Å². The number of likely N-dealkylation sites (tertiary alicyclic amines) is 1. The van der Waals surface area contributed by atoms with Gasteiger partial charge in [0.1, 0.15) is 11.3 Å². The molecule has 0 bridgehead atoms. The van der Waals surface area contributed by atoms with Gasteiger partial charge in [-0.15, -0.1) is 0 Å². The molecule has 4 heterocycles. The molecule has 2 saturated heterocycles. The number of fused-ring (bicyclic) bond motifs is 1. The average Bonchev–Trinajstić information content (AvgIpc) is 3.10. The molecule has 0 amide bonds. The van der Waals surface area contributed by atoms with E-state index in [9.17, 15) is 4.79 Å².